The van der Waals surface area contributed by atoms with Gasteiger partial charge in [-0.1, -0.05) is 42.0 Å². The largest absolute Gasteiger partial charge is 0.497 e. The van der Waals surface area contributed by atoms with Crippen molar-refractivity contribution in [3.63, 3.8) is 0 Å². The van der Waals surface area contributed by atoms with Gasteiger partial charge < -0.3 is 9.64 Å². The molecule has 3 rings (SSSR count). The third-order valence-corrected chi connectivity index (χ3v) is 7.13. The second kappa shape index (κ2) is 6.43. The van der Waals surface area contributed by atoms with Crippen LogP contribution in [-0.4, -0.2) is 37.3 Å². The van der Waals surface area contributed by atoms with Gasteiger partial charge in [0.1, 0.15) is 5.75 Å². The number of rotatable bonds is 5. The van der Waals surface area contributed by atoms with E-state index >= 15 is 0 Å². The molecule has 1 fully saturated rings. The number of hydrogen-bond donors (Lipinski definition) is 0. The summed E-state index contributed by atoms with van der Waals surface area (Å²) in [6.45, 7) is 3.85. The zero-order valence-corrected chi connectivity index (χ0v) is 16.2. The second-order valence-electron chi connectivity index (χ2n) is 6.97. The average molecular weight is 373 g/mol. The van der Waals surface area contributed by atoms with E-state index in [0.29, 0.717) is 6.54 Å². The number of nitrogens with zero attached hydrogens (tertiary/aromatic N) is 1. The van der Waals surface area contributed by atoms with Crippen molar-refractivity contribution in [3.05, 3.63) is 65.2 Å². The van der Waals surface area contributed by atoms with Gasteiger partial charge >= 0.3 is 0 Å². The number of methoxy groups -OCH3 is 1. The van der Waals surface area contributed by atoms with E-state index in [1.165, 1.54) is 6.92 Å². The summed E-state index contributed by atoms with van der Waals surface area (Å²) in [6, 6.07) is 14.6. The van der Waals surface area contributed by atoms with Gasteiger partial charge in [0.15, 0.2) is 14.6 Å². The van der Waals surface area contributed by atoms with Crippen LogP contribution < -0.4 is 4.74 Å². The topological polar surface area (TPSA) is 63.7 Å². The number of carbonyl (C=O) groups excluding carboxylic acids is 1. The number of β-lactam (4-membered cyclic amide) rings is 1. The molecule has 0 spiro atoms. The summed E-state index contributed by atoms with van der Waals surface area (Å²) in [5.74, 6) is 0.376. The van der Waals surface area contributed by atoms with Gasteiger partial charge in [0, 0.05) is 12.8 Å². The Balaban J connectivity index is 1.97. The maximum atomic E-state index is 12.8. The van der Waals surface area contributed by atoms with E-state index in [0.717, 1.165) is 28.7 Å². The van der Waals surface area contributed by atoms with Crippen molar-refractivity contribution >= 4 is 15.7 Å². The Morgan fingerprint density at radius 1 is 1.08 bits per heavy atom. The molecule has 1 heterocycles. The van der Waals surface area contributed by atoms with E-state index in [4.69, 9.17) is 4.74 Å². The quantitative estimate of drug-likeness (QED) is 0.756. The predicted molar refractivity (Wildman–Crippen MR) is 101 cm³/mol. The molecule has 0 saturated carbocycles. The van der Waals surface area contributed by atoms with Crippen LogP contribution in [0.3, 0.4) is 0 Å². The normalized spacial score (nSPS) is 22.8. The highest BCUT2D eigenvalue weighted by Gasteiger charge is 2.64. The molecule has 2 aromatic carbocycles. The number of carbonyl (C=O) groups is 1. The number of aryl methyl sites for hydroxylation is 1. The van der Waals surface area contributed by atoms with Crippen LogP contribution in [0.2, 0.25) is 0 Å². The Labute approximate surface area is 154 Å². The zero-order chi connectivity index (χ0) is 19.1. The van der Waals surface area contributed by atoms with Crippen molar-refractivity contribution in [1.82, 2.24) is 4.90 Å². The minimum atomic E-state index is -3.57. The van der Waals surface area contributed by atoms with Gasteiger partial charge in [0.05, 0.1) is 13.2 Å². The van der Waals surface area contributed by atoms with Gasteiger partial charge in [0.2, 0.25) is 5.91 Å². The molecular formula is C20H23NO4S. The molecule has 0 radical (unpaired) electrons. The minimum absolute atomic E-state index is 0.354. The molecule has 0 N–H and O–H groups in total. The SMILES string of the molecule is COc1ccc(CN2C(=O)[C@](C)(S(C)(=O)=O)[C@@H]2c2ccc(C)cc2)cc1. The first-order valence-electron chi connectivity index (χ1n) is 8.38. The fourth-order valence-electron chi connectivity index (χ4n) is 3.45. The maximum Gasteiger partial charge on any atom is 0.247 e. The van der Waals surface area contributed by atoms with E-state index in [9.17, 15) is 13.2 Å². The van der Waals surface area contributed by atoms with E-state index in [-0.39, 0.29) is 5.91 Å². The van der Waals surface area contributed by atoms with E-state index in [1.54, 1.807) is 12.0 Å². The standard InChI is InChI=1S/C20H23NO4S/c1-14-5-9-16(10-6-14)18-20(2,26(4,23)24)19(22)21(18)13-15-7-11-17(25-3)12-8-15/h5-12,18H,13H2,1-4H3/t18-,20+/m0/s1. The summed E-state index contributed by atoms with van der Waals surface area (Å²) < 4.78 is 28.5. The molecule has 1 saturated heterocycles. The minimum Gasteiger partial charge on any atom is -0.497 e. The van der Waals surface area contributed by atoms with Crippen molar-refractivity contribution in [2.75, 3.05) is 13.4 Å². The van der Waals surface area contributed by atoms with Gasteiger partial charge in [-0.2, -0.15) is 0 Å². The van der Waals surface area contributed by atoms with E-state index in [2.05, 4.69) is 0 Å². The number of benzene rings is 2. The highest BCUT2D eigenvalue weighted by atomic mass is 32.2. The number of likely N-dealkylation sites (tertiary alicyclic amines) is 1. The van der Waals surface area contributed by atoms with Crippen LogP contribution in [-0.2, 0) is 21.2 Å². The molecule has 138 valence electrons. The van der Waals surface area contributed by atoms with Crippen LogP contribution in [0.4, 0.5) is 0 Å². The molecule has 1 aliphatic rings. The van der Waals surface area contributed by atoms with Crippen LogP contribution >= 0.6 is 0 Å². The van der Waals surface area contributed by atoms with Crippen LogP contribution in [0.15, 0.2) is 48.5 Å². The molecule has 0 aromatic heterocycles. The van der Waals surface area contributed by atoms with Crippen LogP contribution in [0, 0.1) is 6.92 Å². The van der Waals surface area contributed by atoms with Gasteiger partial charge in [-0.25, -0.2) is 8.42 Å². The summed E-state index contributed by atoms with van der Waals surface area (Å²) in [6.07, 6.45) is 1.14. The Hall–Kier alpha value is -2.34. The molecule has 0 bridgehead atoms. The molecule has 5 nitrogen and oxygen atoms in total. The molecule has 0 aliphatic carbocycles. The molecule has 26 heavy (non-hydrogen) atoms. The summed E-state index contributed by atoms with van der Waals surface area (Å²) >= 11 is 0. The van der Waals surface area contributed by atoms with E-state index in [1.807, 2.05) is 55.5 Å². The summed E-state index contributed by atoms with van der Waals surface area (Å²) in [7, 11) is -1.97. The number of hydrogen-bond acceptors (Lipinski definition) is 4. The lowest BCUT2D eigenvalue weighted by Gasteiger charge is -2.53. The molecular weight excluding hydrogens is 350 g/mol. The van der Waals surface area contributed by atoms with Crippen LogP contribution in [0.1, 0.15) is 29.7 Å². The maximum absolute atomic E-state index is 12.8. The third kappa shape index (κ3) is 2.88. The Morgan fingerprint density at radius 3 is 2.15 bits per heavy atom. The summed E-state index contributed by atoms with van der Waals surface area (Å²) in [4.78, 5) is 14.5. The molecule has 2 atom stereocenters. The lowest BCUT2D eigenvalue weighted by molar-refractivity contribution is -0.153. The van der Waals surface area contributed by atoms with Crippen molar-refractivity contribution in [1.29, 1.82) is 0 Å². The van der Waals surface area contributed by atoms with Gasteiger partial charge in [-0.15, -0.1) is 0 Å². The number of ether oxygens (including phenoxy) is 1. The zero-order valence-electron chi connectivity index (χ0n) is 15.4. The van der Waals surface area contributed by atoms with E-state index < -0.39 is 20.6 Å². The number of sulfone groups is 1. The van der Waals surface area contributed by atoms with Gasteiger partial charge in [0.25, 0.3) is 0 Å². The molecule has 0 unspecified atom stereocenters. The molecule has 2 aromatic rings. The highest BCUT2D eigenvalue weighted by Crippen LogP contribution is 2.48. The van der Waals surface area contributed by atoms with Crippen LogP contribution in [0.25, 0.3) is 0 Å². The fourth-order valence-corrected chi connectivity index (χ4v) is 4.55. The van der Waals surface area contributed by atoms with Crippen molar-refractivity contribution in [3.8, 4) is 5.75 Å². The smallest absolute Gasteiger partial charge is 0.247 e. The lowest BCUT2D eigenvalue weighted by Crippen LogP contribution is -2.69. The Bertz CT molecular complexity index is 919. The Morgan fingerprint density at radius 2 is 1.65 bits per heavy atom. The fraction of sp³-hybridized carbons (Fsp3) is 0.350. The van der Waals surface area contributed by atoms with Crippen LogP contribution in [0.5, 0.6) is 5.75 Å². The molecule has 1 aliphatic heterocycles. The highest BCUT2D eigenvalue weighted by molar-refractivity contribution is 7.93. The monoisotopic (exact) mass is 373 g/mol. The second-order valence-corrected chi connectivity index (χ2v) is 9.37. The van der Waals surface area contributed by atoms with Gasteiger partial charge in [-0.05, 0) is 37.1 Å². The predicted octanol–water partition coefficient (Wildman–Crippen LogP) is 2.89. The first-order chi connectivity index (χ1) is 12.2. The van der Waals surface area contributed by atoms with Crippen molar-refractivity contribution in [2.24, 2.45) is 0 Å². The van der Waals surface area contributed by atoms with Crippen molar-refractivity contribution < 1.29 is 17.9 Å². The lowest BCUT2D eigenvalue weighted by atomic mass is 9.82. The third-order valence-electron chi connectivity index (χ3n) is 5.19. The molecule has 6 heteroatoms. The average Bonchev–Trinajstić information content (AvgIpc) is 2.61. The first-order valence-corrected chi connectivity index (χ1v) is 10.3. The van der Waals surface area contributed by atoms with Gasteiger partial charge in [-0.3, -0.25) is 4.79 Å². The number of amides is 1. The molecule has 1 amide bonds. The Kier molecular flexibility index (Phi) is 4.56. The summed E-state index contributed by atoms with van der Waals surface area (Å²) in [5, 5.41) is 0. The van der Waals surface area contributed by atoms with Crippen molar-refractivity contribution in [2.45, 2.75) is 31.2 Å². The summed E-state index contributed by atoms with van der Waals surface area (Å²) in [5.41, 5.74) is 2.84. The first kappa shape index (κ1) is 18.5.